The summed E-state index contributed by atoms with van der Waals surface area (Å²) >= 11 is 0. The summed E-state index contributed by atoms with van der Waals surface area (Å²) in [7, 11) is 0. The Balaban J connectivity index is 2.09. The Hall–Kier alpha value is -2.50. The van der Waals surface area contributed by atoms with Crippen LogP contribution in [0.1, 0.15) is 22.7 Å². The summed E-state index contributed by atoms with van der Waals surface area (Å²) in [6, 6.07) is 6.58. The smallest absolute Gasteiger partial charge is 0.305 e. The van der Waals surface area contributed by atoms with Crippen molar-refractivity contribution in [3.05, 3.63) is 48.3 Å². The number of carboxylic acid groups (broad SMARTS) is 1. The SMILES string of the molecule is O=C(O)CCN(Cc1ccco1)C(=O)c1ccco1. The molecule has 1 amide bonds. The van der Waals surface area contributed by atoms with E-state index in [-0.39, 0.29) is 31.2 Å². The molecule has 6 nitrogen and oxygen atoms in total. The van der Waals surface area contributed by atoms with Gasteiger partial charge < -0.3 is 18.8 Å². The molecule has 0 aliphatic rings. The topological polar surface area (TPSA) is 83.9 Å². The number of furan rings is 2. The van der Waals surface area contributed by atoms with Gasteiger partial charge >= 0.3 is 5.97 Å². The molecule has 2 heterocycles. The molecule has 2 aromatic heterocycles. The van der Waals surface area contributed by atoms with Gasteiger partial charge in [-0.05, 0) is 24.3 Å². The zero-order valence-corrected chi connectivity index (χ0v) is 10.1. The van der Waals surface area contributed by atoms with Crippen LogP contribution >= 0.6 is 0 Å². The maximum Gasteiger partial charge on any atom is 0.305 e. The summed E-state index contributed by atoms with van der Waals surface area (Å²) in [5.74, 6) is -0.554. The van der Waals surface area contributed by atoms with Crippen LogP contribution in [0, 0.1) is 0 Å². The van der Waals surface area contributed by atoms with Gasteiger partial charge in [0, 0.05) is 6.54 Å². The molecular formula is C13H13NO5. The summed E-state index contributed by atoms with van der Waals surface area (Å²) in [5.41, 5.74) is 0. The largest absolute Gasteiger partial charge is 0.481 e. The Morgan fingerprint density at radius 1 is 1.16 bits per heavy atom. The average molecular weight is 263 g/mol. The van der Waals surface area contributed by atoms with E-state index in [0.29, 0.717) is 5.76 Å². The van der Waals surface area contributed by atoms with Gasteiger partial charge in [0.1, 0.15) is 5.76 Å². The third kappa shape index (κ3) is 3.48. The molecule has 0 spiro atoms. The predicted octanol–water partition coefficient (Wildman–Crippen LogP) is 1.99. The number of amides is 1. The first-order valence-electron chi connectivity index (χ1n) is 5.74. The lowest BCUT2D eigenvalue weighted by Crippen LogP contribution is -2.32. The van der Waals surface area contributed by atoms with Gasteiger partial charge in [-0.3, -0.25) is 9.59 Å². The quantitative estimate of drug-likeness (QED) is 0.861. The molecule has 0 atom stereocenters. The lowest BCUT2D eigenvalue weighted by molar-refractivity contribution is -0.137. The van der Waals surface area contributed by atoms with Crippen LogP contribution < -0.4 is 0 Å². The zero-order chi connectivity index (χ0) is 13.7. The van der Waals surface area contributed by atoms with Crippen LogP contribution in [0.2, 0.25) is 0 Å². The molecule has 1 N–H and O–H groups in total. The molecule has 2 aromatic rings. The molecule has 0 aliphatic heterocycles. The third-order valence-electron chi connectivity index (χ3n) is 2.54. The second-order valence-electron chi connectivity index (χ2n) is 3.93. The summed E-state index contributed by atoms with van der Waals surface area (Å²) < 4.78 is 10.2. The first-order valence-corrected chi connectivity index (χ1v) is 5.74. The number of carbonyl (C=O) groups excluding carboxylic acids is 1. The predicted molar refractivity (Wildman–Crippen MR) is 64.4 cm³/mol. The first kappa shape index (κ1) is 12.9. The van der Waals surface area contributed by atoms with Crippen LogP contribution in [0.25, 0.3) is 0 Å². The van der Waals surface area contributed by atoms with E-state index in [1.165, 1.54) is 23.5 Å². The van der Waals surface area contributed by atoms with E-state index in [1.807, 2.05) is 0 Å². The van der Waals surface area contributed by atoms with E-state index in [9.17, 15) is 9.59 Å². The van der Waals surface area contributed by atoms with E-state index in [4.69, 9.17) is 13.9 Å². The van der Waals surface area contributed by atoms with Gasteiger partial charge in [-0.25, -0.2) is 0 Å². The normalized spacial score (nSPS) is 10.3. The number of rotatable bonds is 6. The molecule has 0 aromatic carbocycles. The van der Waals surface area contributed by atoms with Crippen molar-refractivity contribution >= 4 is 11.9 Å². The van der Waals surface area contributed by atoms with Crippen molar-refractivity contribution < 1.29 is 23.5 Å². The Labute approximate surface area is 109 Å². The lowest BCUT2D eigenvalue weighted by atomic mass is 10.3. The number of carboxylic acids is 1. The maximum absolute atomic E-state index is 12.1. The first-order chi connectivity index (χ1) is 9.16. The molecule has 0 bridgehead atoms. The Bertz CT molecular complexity index is 529. The average Bonchev–Trinajstić information content (AvgIpc) is 3.06. The fourth-order valence-electron chi connectivity index (χ4n) is 1.63. The maximum atomic E-state index is 12.1. The van der Waals surface area contributed by atoms with Crippen molar-refractivity contribution in [3.8, 4) is 0 Å². The van der Waals surface area contributed by atoms with Crippen LogP contribution in [-0.2, 0) is 11.3 Å². The Morgan fingerprint density at radius 3 is 2.47 bits per heavy atom. The molecule has 6 heteroatoms. The highest BCUT2D eigenvalue weighted by atomic mass is 16.4. The van der Waals surface area contributed by atoms with E-state index in [0.717, 1.165) is 0 Å². The molecule has 19 heavy (non-hydrogen) atoms. The van der Waals surface area contributed by atoms with Crippen LogP contribution in [0.5, 0.6) is 0 Å². The van der Waals surface area contributed by atoms with Crippen molar-refractivity contribution in [2.24, 2.45) is 0 Å². The minimum Gasteiger partial charge on any atom is -0.481 e. The molecule has 0 fully saturated rings. The number of nitrogens with zero attached hydrogens (tertiary/aromatic N) is 1. The van der Waals surface area contributed by atoms with Crippen molar-refractivity contribution in [2.75, 3.05) is 6.54 Å². The highest BCUT2D eigenvalue weighted by Crippen LogP contribution is 2.11. The number of hydrogen-bond acceptors (Lipinski definition) is 4. The molecule has 0 saturated heterocycles. The fraction of sp³-hybridized carbons (Fsp3) is 0.231. The van der Waals surface area contributed by atoms with Gasteiger partial charge in [0.25, 0.3) is 5.91 Å². The second-order valence-corrected chi connectivity index (χ2v) is 3.93. The fourth-order valence-corrected chi connectivity index (χ4v) is 1.63. The minimum absolute atomic E-state index is 0.0928. The third-order valence-corrected chi connectivity index (χ3v) is 2.54. The molecule has 2 rings (SSSR count). The Kier molecular flexibility index (Phi) is 4.02. The van der Waals surface area contributed by atoms with Crippen LogP contribution in [0.15, 0.2) is 45.6 Å². The van der Waals surface area contributed by atoms with E-state index < -0.39 is 5.97 Å². The number of carbonyl (C=O) groups is 2. The zero-order valence-electron chi connectivity index (χ0n) is 10.1. The molecule has 0 saturated carbocycles. The van der Waals surface area contributed by atoms with Crippen molar-refractivity contribution in [1.29, 1.82) is 0 Å². The number of hydrogen-bond donors (Lipinski definition) is 1. The van der Waals surface area contributed by atoms with Gasteiger partial charge in [-0.15, -0.1) is 0 Å². The Morgan fingerprint density at radius 2 is 1.89 bits per heavy atom. The highest BCUT2D eigenvalue weighted by Gasteiger charge is 2.20. The van der Waals surface area contributed by atoms with Crippen molar-refractivity contribution in [3.63, 3.8) is 0 Å². The van der Waals surface area contributed by atoms with Crippen LogP contribution in [0.3, 0.4) is 0 Å². The summed E-state index contributed by atoms with van der Waals surface area (Å²) in [4.78, 5) is 24.2. The standard InChI is InChI=1S/C13H13NO5/c15-12(16)5-6-14(9-10-3-1-7-18-10)13(17)11-4-2-8-19-11/h1-4,7-8H,5-6,9H2,(H,15,16). The van der Waals surface area contributed by atoms with Gasteiger partial charge in [-0.1, -0.05) is 0 Å². The number of aliphatic carboxylic acids is 1. The molecule has 100 valence electrons. The van der Waals surface area contributed by atoms with E-state index >= 15 is 0 Å². The molecule has 0 radical (unpaired) electrons. The molecule has 0 unspecified atom stereocenters. The van der Waals surface area contributed by atoms with Crippen molar-refractivity contribution in [2.45, 2.75) is 13.0 Å². The minimum atomic E-state index is -0.961. The summed E-state index contributed by atoms with van der Waals surface area (Å²) in [6.07, 6.45) is 2.77. The van der Waals surface area contributed by atoms with E-state index in [1.54, 1.807) is 18.2 Å². The van der Waals surface area contributed by atoms with Gasteiger partial charge in [0.05, 0.1) is 25.5 Å². The lowest BCUT2D eigenvalue weighted by Gasteiger charge is -2.19. The van der Waals surface area contributed by atoms with Crippen LogP contribution in [-0.4, -0.2) is 28.4 Å². The summed E-state index contributed by atoms with van der Waals surface area (Å²) in [6.45, 7) is 0.301. The van der Waals surface area contributed by atoms with Crippen LogP contribution in [0.4, 0.5) is 0 Å². The highest BCUT2D eigenvalue weighted by molar-refractivity contribution is 5.91. The second kappa shape index (κ2) is 5.90. The van der Waals surface area contributed by atoms with E-state index in [2.05, 4.69) is 0 Å². The summed E-state index contributed by atoms with van der Waals surface area (Å²) in [5, 5.41) is 8.72. The van der Waals surface area contributed by atoms with Gasteiger partial charge in [-0.2, -0.15) is 0 Å². The van der Waals surface area contributed by atoms with Gasteiger partial charge in [0.2, 0.25) is 0 Å². The molecule has 0 aliphatic carbocycles. The monoisotopic (exact) mass is 263 g/mol. The van der Waals surface area contributed by atoms with Gasteiger partial charge in [0.15, 0.2) is 5.76 Å². The van der Waals surface area contributed by atoms with Crippen molar-refractivity contribution in [1.82, 2.24) is 4.90 Å². The molecular weight excluding hydrogens is 250 g/mol.